The van der Waals surface area contributed by atoms with Gasteiger partial charge in [-0.2, -0.15) is 0 Å². The molecule has 0 aliphatic carbocycles. The number of hydrogen-bond donors (Lipinski definition) is 0. The van der Waals surface area contributed by atoms with E-state index in [1.54, 1.807) is 0 Å². The Morgan fingerprint density at radius 1 is 1.50 bits per heavy atom. The minimum absolute atomic E-state index is 0. The van der Waals surface area contributed by atoms with Crippen molar-refractivity contribution in [1.82, 2.24) is 0 Å². The molecule has 4 heteroatoms. The first-order valence-electron chi connectivity index (χ1n) is 3.44. The summed E-state index contributed by atoms with van der Waals surface area (Å²) in [6, 6.07) is 0. The second-order valence-electron chi connectivity index (χ2n) is 2.05. The van der Waals surface area contributed by atoms with Gasteiger partial charge >= 0.3 is 0 Å². The van der Waals surface area contributed by atoms with Gasteiger partial charge in [0, 0.05) is 17.1 Å². The first-order chi connectivity index (χ1) is 4.35. The van der Waals surface area contributed by atoms with Crippen molar-refractivity contribution in [2.75, 3.05) is 0 Å². The third kappa shape index (κ3) is 6.82. The zero-order valence-electron chi connectivity index (χ0n) is 6.45. The van der Waals surface area contributed by atoms with Gasteiger partial charge in [-0.1, -0.05) is 20.3 Å². The summed E-state index contributed by atoms with van der Waals surface area (Å²) in [4.78, 5) is 0. The van der Waals surface area contributed by atoms with Gasteiger partial charge in [0.05, 0.1) is 6.10 Å². The van der Waals surface area contributed by atoms with Gasteiger partial charge in [0.15, 0.2) is 8.69 Å². The second-order valence-corrected chi connectivity index (χ2v) is 2.52. The molecular formula is C6H15FeO2P. The summed E-state index contributed by atoms with van der Waals surface area (Å²) in [6.07, 6.45) is 3.36. The second kappa shape index (κ2) is 9.71. The zero-order valence-corrected chi connectivity index (χ0v) is 8.70. The monoisotopic (exact) mass is 206 g/mol. The molecule has 0 saturated heterocycles. The molecule has 2 atom stereocenters. The Kier molecular flexibility index (Phi) is 12.9. The molecule has 0 amide bonds. The summed E-state index contributed by atoms with van der Waals surface area (Å²) in [5.41, 5.74) is 0. The maximum absolute atomic E-state index is 10.0. The molecule has 0 heterocycles. The number of rotatable bonds is 5. The van der Waals surface area contributed by atoms with E-state index in [-0.39, 0.29) is 23.2 Å². The van der Waals surface area contributed by atoms with Crippen molar-refractivity contribution in [3.63, 3.8) is 0 Å². The van der Waals surface area contributed by atoms with Crippen LogP contribution in [0.4, 0.5) is 0 Å². The van der Waals surface area contributed by atoms with Crippen LogP contribution < -0.4 is 0 Å². The van der Waals surface area contributed by atoms with E-state index in [1.165, 1.54) is 0 Å². The molecule has 0 radical (unpaired) electrons. The minimum atomic E-state index is -1.01. The summed E-state index contributed by atoms with van der Waals surface area (Å²) in [5.74, 6) is 0. The molecule has 0 rings (SSSR count). The van der Waals surface area contributed by atoms with Crippen molar-refractivity contribution >= 4 is 8.69 Å². The largest absolute Gasteiger partial charge is 0.329 e. The zero-order chi connectivity index (χ0) is 7.11. The van der Waals surface area contributed by atoms with Gasteiger partial charge in [-0.15, -0.1) is 0 Å². The van der Waals surface area contributed by atoms with Crippen LogP contribution in [0.2, 0.25) is 0 Å². The van der Waals surface area contributed by atoms with Crippen LogP contribution in [-0.2, 0) is 26.2 Å². The Hall–Kier alpha value is 0.709. The molecule has 0 saturated carbocycles. The molecule has 0 N–H and O–H groups in total. The van der Waals surface area contributed by atoms with Crippen LogP contribution in [-0.4, -0.2) is 6.10 Å². The van der Waals surface area contributed by atoms with Crippen molar-refractivity contribution in [3.8, 4) is 0 Å². The third-order valence-electron chi connectivity index (χ3n) is 1.31. The molecule has 0 spiro atoms. The minimum Gasteiger partial charge on any atom is -0.329 e. The Morgan fingerprint density at radius 3 is 2.40 bits per heavy atom. The van der Waals surface area contributed by atoms with Crippen LogP contribution >= 0.6 is 8.69 Å². The van der Waals surface area contributed by atoms with Crippen LogP contribution in [0.15, 0.2) is 0 Å². The van der Waals surface area contributed by atoms with Crippen LogP contribution in [0.25, 0.3) is 0 Å². The fourth-order valence-corrected chi connectivity index (χ4v) is 1.25. The molecule has 0 aliphatic rings. The molecule has 0 fully saturated rings. The summed E-state index contributed by atoms with van der Waals surface area (Å²) in [7, 11) is -1.01. The average Bonchev–Trinajstić information content (AvgIpc) is 1.88. The standard InChI is InChI=1S/C6H15O2P.Fe/c1-3-5-6(4-2)8-9-7;/h6H,3-5,9H2,1-2H3;. The predicted molar refractivity (Wildman–Crippen MR) is 40.5 cm³/mol. The topological polar surface area (TPSA) is 26.3 Å². The predicted octanol–water partition coefficient (Wildman–Crippen LogP) is 2.25. The molecule has 0 aliphatic heterocycles. The normalized spacial score (nSPS) is 13.4. The van der Waals surface area contributed by atoms with Crippen LogP contribution in [0, 0.1) is 0 Å². The maximum Gasteiger partial charge on any atom is 0.180 e. The van der Waals surface area contributed by atoms with Crippen LogP contribution in [0.1, 0.15) is 33.1 Å². The van der Waals surface area contributed by atoms with E-state index < -0.39 is 8.69 Å². The van der Waals surface area contributed by atoms with E-state index in [2.05, 4.69) is 13.8 Å². The van der Waals surface area contributed by atoms with Crippen LogP contribution in [0.5, 0.6) is 0 Å². The fourth-order valence-electron chi connectivity index (χ4n) is 0.769. The molecule has 0 aromatic rings. The smallest absolute Gasteiger partial charge is 0.180 e. The van der Waals surface area contributed by atoms with Crippen molar-refractivity contribution in [2.24, 2.45) is 0 Å². The van der Waals surface area contributed by atoms with E-state index >= 15 is 0 Å². The summed E-state index contributed by atoms with van der Waals surface area (Å²) in [6.45, 7) is 4.15. The first-order valence-corrected chi connectivity index (χ1v) is 4.38. The summed E-state index contributed by atoms with van der Waals surface area (Å²) in [5, 5.41) is 0. The van der Waals surface area contributed by atoms with E-state index in [1.807, 2.05) is 0 Å². The average molecular weight is 206 g/mol. The van der Waals surface area contributed by atoms with E-state index in [0.717, 1.165) is 19.3 Å². The number of hydrogen-bond acceptors (Lipinski definition) is 2. The Morgan fingerprint density at radius 2 is 2.10 bits per heavy atom. The third-order valence-corrected chi connectivity index (χ3v) is 1.81. The summed E-state index contributed by atoms with van der Waals surface area (Å²) < 4.78 is 15.0. The van der Waals surface area contributed by atoms with Crippen LogP contribution in [0.3, 0.4) is 0 Å². The van der Waals surface area contributed by atoms with Crippen molar-refractivity contribution in [3.05, 3.63) is 0 Å². The Balaban J connectivity index is 0. The molecule has 0 aromatic heterocycles. The SMILES string of the molecule is CCCC(CC)O[PH2]=O.[Fe]. The van der Waals surface area contributed by atoms with Gasteiger partial charge in [0.25, 0.3) is 0 Å². The maximum atomic E-state index is 10.0. The van der Waals surface area contributed by atoms with Gasteiger partial charge < -0.3 is 4.52 Å². The molecule has 2 nitrogen and oxygen atoms in total. The van der Waals surface area contributed by atoms with Crippen molar-refractivity contribution < 1.29 is 26.2 Å². The quantitative estimate of drug-likeness (QED) is 0.509. The van der Waals surface area contributed by atoms with Gasteiger partial charge in [-0.3, -0.25) is 4.57 Å². The molecular weight excluding hydrogens is 191 g/mol. The van der Waals surface area contributed by atoms with Crippen molar-refractivity contribution in [1.29, 1.82) is 0 Å². The van der Waals surface area contributed by atoms with Gasteiger partial charge in [0.1, 0.15) is 0 Å². The van der Waals surface area contributed by atoms with E-state index in [4.69, 9.17) is 4.52 Å². The van der Waals surface area contributed by atoms with E-state index in [0.29, 0.717) is 0 Å². The fraction of sp³-hybridized carbons (Fsp3) is 1.00. The van der Waals surface area contributed by atoms with Gasteiger partial charge in [-0.05, 0) is 12.8 Å². The molecule has 10 heavy (non-hydrogen) atoms. The molecule has 0 bridgehead atoms. The van der Waals surface area contributed by atoms with Gasteiger partial charge in [0.2, 0.25) is 0 Å². The Labute approximate surface area is 74.5 Å². The Bertz CT molecular complexity index is 80.1. The molecule has 64 valence electrons. The van der Waals surface area contributed by atoms with E-state index in [9.17, 15) is 4.57 Å². The summed E-state index contributed by atoms with van der Waals surface area (Å²) >= 11 is 0. The molecule has 2 unspecified atom stereocenters. The molecule has 0 aromatic carbocycles. The van der Waals surface area contributed by atoms with Crippen molar-refractivity contribution in [2.45, 2.75) is 39.2 Å². The first kappa shape index (κ1) is 13.3. The van der Waals surface area contributed by atoms with Gasteiger partial charge in [-0.25, -0.2) is 0 Å².